The number of carbonyl (C=O) groups excluding carboxylic acids is 1. The van der Waals surface area contributed by atoms with Gasteiger partial charge in [-0.2, -0.15) is 9.29 Å². The lowest BCUT2D eigenvalue weighted by Gasteiger charge is -2.32. The molecule has 0 saturated carbocycles. The third-order valence-electron chi connectivity index (χ3n) is 4.18. The van der Waals surface area contributed by atoms with E-state index in [0.717, 1.165) is 12.8 Å². The first-order valence-electron chi connectivity index (χ1n) is 7.94. The van der Waals surface area contributed by atoms with Crippen molar-refractivity contribution in [2.45, 2.75) is 37.1 Å². The summed E-state index contributed by atoms with van der Waals surface area (Å²) in [4.78, 5) is 15.8. The van der Waals surface area contributed by atoms with Gasteiger partial charge in [-0.25, -0.2) is 13.2 Å². The van der Waals surface area contributed by atoms with Crippen molar-refractivity contribution in [3.8, 4) is 0 Å². The molecule has 0 amide bonds. The molecule has 0 N–H and O–H groups in total. The lowest BCUT2D eigenvalue weighted by atomic mass is 10.0. The maximum absolute atomic E-state index is 13.1. The zero-order valence-electron chi connectivity index (χ0n) is 14.0. The number of ether oxygens (including phenoxy) is 1. The van der Waals surface area contributed by atoms with Crippen molar-refractivity contribution >= 4 is 16.0 Å². The Morgan fingerprint density at radius 2 is 2.00 bits per heavy atom. The number of aromatic nitrogens is 2. The number of esters is 1. The highest BCUT2D eigenvalue weighted by Gasteiger charge is 2.36. The number of hydrogen-bond acceptors (Lipinski definition) is 7. The number of nitrogens with zero attached hydrogens (tertiary/aromatic N) is 3. The van der Waals surface area contributed by atoms with Gasteiger partial charge in [-0.05, 0) is 37.1 Å². The molecular weight excluding hydrogens is 346 g/mol. The number of aryl methyl sites for hydroxylation is 1. The van der Waals surface area contributed by atoms with Crippen LogP contribution >= 0.6 is 0 Å². The van der Waals surface area contributed by atoms with Crippen molar-refractivity contribution in [3.05, 3.63) is 41.5 Å². The summed E-state index contributed by atoms with van der Waals surface area (Å²) in [6.07, 6.45) is 2.30. The van der Waals surface area contributed by atoms with Crippen LogP contribution in [0.2, 0.25) is 0 Å². The SMILES string of the molecule is COC(=O)c1ccc(S(=O)(=O)N2CCCCC2c2noc(C)n2)cc1. The van der Waals surface area contributed by atoms with E-state index in [4.69, 9.17) is 4.52 Å². The average Bonchev–Trinajstić information content (AvgIpc) is 3.07. The van der Waals surface area contributed by atoms with Gasteiger partial charge in [-0.15, -0.1) is 0 Å². The van der Waals surface area contributed by atoms with Gasteiger partial charge in [0.25, 0.3) is 0 Å². The maximum Gasteiger partial charge on any atom is 0.337 e. The summed E-state index contributed by atoms with van der Waals surface area (Å²) < 4.78 is 37.1. The Kier molecular flexibility index (Phi) is 4.87. The number of benzene rings is 1. The first-order chi connectivity index (χ1) is 11.9. The molecule has 1 aromatic carbocycles. The fourth-order valence-corrected chi connectivity index (χ4v) is 4.57. The van der Waals surface area contributed by atoms with E-state index in [2.05, 4.69) is 14.9 Å². The van der Waals surface area contributed by atoms with Gasteiger partial charge in [0, 0.05) is 13.5 Å². The van der Waals surface area contributed by atoms with Gasteiger partial charge >= 0.3 is 5.97 Å². The van der Waals surface area contributed by atoms with Crippen LogP contribution in [0.25, 0.3) is 0 Å². The largest absolute Gasteiger partial charge is 0.465 e. The Labute approximate surface area is 145 Å². The summed E-state index contributed by atoms with van der Waals surface area (Å²) in [7, 11) is -2.46. The molecule has 1 atom stereocenters. The minimum absolute atomic E-state index is 0.118. The van der Waals surface area contributed by atoms with Gasteiger partial charge in [0.05, 0.1) is 23.6 Å². The molecule has 0 aliphatic carbocycles. The summed E-state index contributed by atoms with van der Waals surface area (Å²) in [5, 5.41) is 3.89. The van der Waals surface area contributed by atoms with Crippen LogP contribution in [-0.2, 0) is 14.8 Å². The highest BCUT2D eigenvalue weighted by molar-refractivity contribution is 7.89. The van der Waals surface area contributed by atoms with Crippen LogP contribution in [0.3, 0.4) is 0 Å². The van der Waals surface area contributed by atoms with E-state index >= 15 is 0 Å². The Hall–Kier alpha value is -2.26. The van der Waals surface area contributed by atoms with E-state index < -0.39 is 22.0 Å². The third kappa shape index (κ3) is 3.42. The van der Waals surface area contributed by atoms with Crippen molar-refractivity contribution < 1.29 is 22.5 Å². The summed E-state index contributed by atoms with van der Waals surface area (Å²) >= 11 is 0. The molecule has 2 aromatic rings. The predicted octanol–water partition coefficient (Wildman–Crippen LogP) is 2.08. The molecular formula is C16H19N3O5S. The van der Waals surface area contributed by atoms with Gasteiger partial charge in [-0.3, -0.25) is 0 Å². The quantitative estimate of drug-likeness (QED) is 0.764. The number of hydrogen-bond donors (Lipinski definition) is 0. The zero-order chi connectivity index (χ0) is 18.0. The molecule has 1 unspecified atom stereocenters. The van der Waals surface area contributed by atoms with Crippen LogP contribution < -0.4 is 0 Å². The van der Waals surface area contributed by atoms with Crippen LogP contribution in [-0.4, -0.2) is 42.5 Å². The number of methoxy groups -OCH3 is 1. The second-order valence-electron chi connectivity index (χ2n) is 5.81. The maximum atomic E-state index is 13.1. The van der Waals surface area contributed by atoms with Crippen LogP contribution in [0.4, 0.5) is 0 Å². The standard InChI is InChI=1S/C16H19N3O5S/c1-11-17-15(18-24-11)14-5-3-4-10-19(14)25(21,22)13-8-6-12(7-9-13)16(20)23-2/h6-9,14H,3-5,10H2,1-2H3. The Morgan fingerprint density at radius 3 is 2.60 bits per heavy atom. The summed E-state index contributed by atoms with van der Waals surface area (Å²) in [6.45, 7) is 2.06. The van der Waals surface area contributed by atoms with E-state index in [0.29, 0.717) is 30.2 Å². The minimum Gasteiger partial charge on any atom is -0.465 e. The summed E-state index contributed by atoms with van der Waals surface area (Å²) in [5.41, 5.74) is 0.297. The highest BCUT2D eigenvalue weighted by Crippen LogP contribution is 2.34. The van der Waals surface area contributed by atoms with Crippen molar-refractivity contribution in [3.63, 3.8) is 0 Å². The molecule has 1 saturated heterocycles. The first-order valence-corrected chi connectivity index (χ1v) is 9.38. The molecule has 1 fully saturated rings. The normalized spacial score (nSPS) is 18.9. The van der Waals surface area contributed by atoms with Crippen LogP contribution in [0.5, 0.6) is 0 Å². The third-order valence-corrected chi connectivity index (χ3v) is 6.10. The molecule has 1 aliphatic rings. The molecule has 3 rings (SSSR count). The van der Waals surface area contributed by atoms with Crippen LogP contribution in [0.1, 0.15) is 47.4 Å². The van der Waals surface area contributed by atoms with E-state index in [1.807, 2.05) is 0 Å². The monoisotopic (exact) mass is 365 g/mol. The van der Waals surface area contributed by atoms with Crippen molar-refractivity contribution in [2.24, 2.45) is 0 Å². The average molecular weight is 365 g/mol. The first kappa shape index (κ1) is 17.6. The van der Waals surface area contributed by atoms with E-state index in [-0.39, 0.29) is 4.90 Å². The number of piperidine rings is 1. The smallest absolute Gasteiger partial charge is 0.337 e. The second kappa shape index (κ2) is 6.93. The molecule has 0 bridgehead atoms. The minimum atomic E-state index is -3.74. The molecule has 25 heavy (non-hydrogen) atoms. The van der Waals surface area contributed by atoms with E-state index in [1.54, 1.807) is 6.92 Å². The highest BCUT2D eigenvalue weighted by atomic mass is 32.2. The van der Waals surface area contributed by atoms with E-state index in [9.17, 15) is 13.2 Å². The van der Waals surface area contributed by atoms with Gasteiger partial charge in [0.1, 0.15) is 0 Å². The fraction of sp³-hybridized carbons (Fsp3) is 0.438. The predicted molar refractivity (Wildman–Crippen MR) is 87.3 cm³/mol. The lowest BCUT2D eigenvalue weighted by molar-refractivity contribution is 0.0600. The number of carbonyl (C=O) groups is 1. The van der Waals surface area contributed by atoms with Crippen molar-refractivity contribution in [1.29, 1.82) is 0 Å². The molecule has 2 heterocycles. The second-order valence-corrected chi connectivity index (χ2v) is 7.71. The Balaban J connectivity index is 1.92. The Bertz CT molecular complexity index is 860. The van der Waals surface area contributed by atoms with Crippen LogP contribution in [0, 0.1) is 6.92 Å². The molecule has 0 radical (unpaired) electrons. The van der Waals surface area contributed by atoms with Gasteiger partial charge in [0.2, 0.25) is 15.9 Å². The van der Waals surface area contributed by atoms with E-state index in [1.165, 1.54) is 35.7 Å². The molecule has 0 spiro atoms. The number of rotatable bonds is 4. The van der Waals surface area contributed by atoms with Crippen molar-refractivity contribution in [1.82, 2.24) is 14.4 Å². The van der Waals surface area contributed by atoms with Gasteiger partial charge < -0.3 is 9.26 Å². The van der Waals surface area contributed by atoms with Gasteiger partial charge in [0.15, 0.2) is 5.82 Å². The van der Waals surface area contributed by atoms with Crippen LogP contribution in [0.15, 0.2) is 33.7 Å². The van der Waals surface area contributed by atoms with Gasteiger partial charge in [-0.1, -0.05) is 11.6 Å². The topological polar surface area (TPSA) is 103 Å². The number of sulfonamides is 1. The molecule has 134 valence electrons. The fourth-order valence-electron chi connectivity index (χ4n) is 2.92. The summed E-state index contributed by atoms with van der Waals surface area (Å²) in [5.74, 6) is 0.273. The van der Waals surface area contributed by atoms with Crippen molar-refractivity contribution in [2.75, 3.05) is 13.7 Å². The molecule has 1 aromatic heterocycles. The Morgan fingerprint density at radius 1 is 1.28 bits per heavy atom. The molecule has 1 aliphatic heterocycles. The molecule has 9 heteroatoms. The molecule has 8 nitrogen and oxygen atoms in total. The zero-order valence-corrected chi connectivity index (χ0v) is 14.8. The summed E-state index contributed by atoms with van der Waals surface area (Å²) in [6, 6.07) is 5.26. The lowest BCUT2D eigenvalue weighted by Crippen LogP contribution is -2.39.